The molecule has 0 saturated heterocycles. The van der Waals surface area contributed by atoms with Gasteiger partial charge in [-0.1, -0.05) is 30.3 Å². The fourth-order valence-corrected chi connectivity index (χ4v) is 6.69. The number of aromatic amines is 5. The Morgan fingerprint density at radius 3 is 1.08 bits per heavy atom. The molecule has 0 atom stereocenters. The van der Waals surface area contributed by atoms with Crippen LogP contribution < -0.4 is 15.0 Å². The van der Waals surface area contributed by atoms with E-state index >= 15 is 0 Å². The Kier molecular flexibility index (Phi) is 7.72. The zero-order valence-corrected chi connectivity index (χ0v) is 27.1. The van der Waals surface area contributed by atoms with Gasteiger partial charge in [0.2, 0.25) is 0 Å². The summed E-state index contributed by atoms with van der Waals surface area (Å²) < 4.78 is 0. The molecule has 0 saturated carbocycles. The number of halogens is 1. The number of pyridine rings is 3. The number of rotatable bonds is 4. The van der Waals surface area contributed by atoms with Crippen LogP contribution in [0.1, 0.15) is 22.8 Å². The summed E-state index contributed by atoms with van der Waals surface area (Å²) in [5.74, 6) is 0. The van der Waals surface area contributed by atoms with Gasteiger partial charge in [0.15, 0.2) is 37.2 Å². The molecule has 1 aromatic carbocycles. The topological polar surface area (TPSA) is 99.8 Å². The average molecular weight is 657 g/mol. The number of aromatic nitrogens is 7. The van der Waals surface area contributed by atoms with Crippen LogP contribution in [0.15, 0.2) is 128 Å². The van der Waals surface area contributed by atoms with Gasteiger partial charge in [0.1, 0.15) is 0 Å². The molecule has 8 bridgehead atoms. The summed E-state index contributed by atoms with van der Waals surface area (Å²) in [5.41, 5.74) is 15.7. The summed E-state index contributed by atoms with van der Waals surface area (Å²) >= 11 is 0. The molecule has 0 aliphatic carbocycles. The van der Waals surface area contributed by atoms with Crippen LogP contribution in [0, 0.1) is 0 Å². The third-order valence-corrected chi connectivity index (χ3v) is 8.84. The first-order valence-corrected chi connectivity index (χ1v) is 15.9. The Morgan fingerprint density at radius 1 is 0.347 bits per heavy atom. The summed E-state index contributed by atoms with van der Waals surface area (Å²) in [6.45, 7) is 0. The van der Waals surface area contributed by atoms with Crippen LogP contribution >= 0.6 is 12.4 Å². The smallest absolute Gasteiger partial charge is 0.167 e. The highest BCUT2D eigenvalue weighted by molar-refractivity contribution is 6.00. The summed E-state index contributed by atoms with van der Waals surface area (Å²) in [5, 5.41) is 0. The molecule has 9 rings (SSSR count). The molecule has 7 aromatic rings. The molecular weight excluding hydrogens is 626 g/mol. The van der Waals surface area contributed by atoms with Crippen molar-refractivity contribution in [2.75, 3.05) is 0 Å². The Labute approximate surface area is 288 Å². The van der Waals surface area contributed by atoms with E-state index in [1.165, 1.54) is 0 Å². The standard InChI is InChI=1S/C41H27N7.ClH/c1-2-4-26(5-3-1)38-30-6-8-32(45-30)39(27-14-20-42-21-15-27)34-10-12-36(47-34)41(29-18-24-44-25-19-29)37-13-11-35(48-37)40(28-16-22-43-23-17-28)33-9-7-31(38)46-33;/h1-25,45-46H;1H/p+3. The molecular formula is C41H31ClN7+3. The van der Waals surface area contributed by atoms with E-state index in [1.807, 2.05) is 43.2 Å². The molecule has 6 aromatic heterocycles. The van der Waals surface area contributed by atoms with Crippen LogP contribution in [0.25, 0.3) is 90.9 Å². The maximum absolute atomic E-state index is 5.31. The van der Waals surface area contributed by atoms with Crippen molar-refractivity contribution in [3.63, 3.8) is 0 Å². The number of nitrogens with zero attached hydrogens (tertiary/aromatic N) is 2. The fourth-order valence-electron chi connectivity index (χ4n) is 6.69. The van der Waals surface area contributed by atoms with E-state index in [0.717, 1.165) is 89.4 Å². The number of benzene rings is 1. The molecule has 2 aliphatic rings. The molecule has 2 aliphatic heterocycles. The van der Waals surface area contributed by atoms with Crippen molar-refractivity contribution in [2.45, 2.75) is 0 Å². The second-order valence-electron chi connectivity index (χ2n) is 11.7. The minimum absolute atomic E-state index is 0. The van der Waals surface area contributed by atoms with Crippen LogP contribution in [0.2, 0.25) is 0 Å². The quantitative estimate of drug-likeness (QED) is 0.200. The van der Waals surface area contributed by atoms with Crippen molar-refractivity contribution in [3.05, 3.63) is 151 Å². The van der Waals surface area contributed by atoms with Gasteiger partial charge in [-0.3, -0.25) is 0 Å². The summed E-state index contributed by atoms with van der Waals surface area (Å²) in [6, 6.07) is 31.6. The lowest BCUT2D eigenvalue weighted by Crippen LogP contribution is -1.99. The first-order chi connectivity index (χ1) is 23.8. The highest BCUT2D eigenvalue weighted by Crippen LogP contribution is 2.37. The van der Waals surface area contributed by atoms with Crippen molar-refractivity contribution < 1.29 is 15.0 Å². The Morgan fingerprint density at radius 2 is 0.673 bits per heavy atom. The maximum Gasteiger partial charge on any atom is 0.167 e. The Balaban J connectivity index is 0.00000348. The second kappa shape index (κ2) is 12.6. The van der Waals surface area contributed by atoms with Crippen LogP contribution in [0.4, 0.5) is 0 Å². The molecule has 49 heavy (non-hydrogen) atoms. The molecule has 0 unspecified atom stereocenters. The number of hydrogen-bond acceptors (Lipinski definition) is 2. The third kappa shape index (κ3) is 5.42. The van der Waals surface area contributed by atoms with Crippen LogP contribution in [0.5, 0.6) is 0 Å². The van der Waals surface area contributed by atoms with Crippen LogP contribution in [0.3, 0.4) is 0 Å². The second-order valence-corrected chi connectivity index (χ2v) is 11.7. The van der Waals surface area contributed by atoms with E-state index in [1.54, 1.807) is 0 Å². The normalized spacial score (nSPS) is 11.8. The average Bonchev–Trinajstić information content (AvgIpc) is 3.98. The minimum Gasteiger partial charge on any atom is -0.354 e. The van der Waals surface area contributed by atoms with Gasteiger partial charge in [0, 0.05) is 80.7 Å². The molecule has 0 radical (unpaired) electrons. The van der Waals surface area contributed by atoms with E-state index in [-0.39, 0.29) is 12.4 Å². The number of fused-ring (bicyclic) bond motifs is 8. The van der Waals surface area contributed by atoms with E-state index in [2.05, 4.69) is 134 Å². The molecule has 0 fully saturated rings. The number of hydrogen-bond donors (Lipinski definition) is 2. The monoisotopic (exact) mass is 656 g/mol. The molecule has 7 nitrogen and oxygen atoms in total. The SMILES string of the molecule is C1=Cc2nc1c(-c1cc[nH+]cc1)c1nc(c(-c3cc[nH+]cc3)c3ccc([nH]3)c(-c3ccccc3)c3ccc([nH]3)c2-c2cc[nH+]cc2)C=C1.Cl. The van der Waals surface area contributed by atoms with E-state index in [0.29, 0.717) is 0 Å². The van der Waals surface area contributed by atoms with Gasteiger partial charge in [0.05, 0.1) is 22.8 Å². The predicted molar refractivity (Wildman–Crippen MR) is 198 cm³/mol. The molecule has 8 heterocycles. The van der Waals surface area contributed by atoms with Crippen molar-refractivity contribution in [2.24, 2.45) is 0 Å². The lowest BCUT2D eigenvalue weighted by molar-refractivity contribution is -0.378. The summed E-state index contributed by atoms with van der Waals surface area (Å²) in [7, 11) is 0. The van der Waals surface area contributed by atoms with Crippen molar-refractivity contribution in [1.82, 2.24) is 19.9 Å². The largest absolute Gasteiger partial charge is 0.354 e. The van der Waals surface area contributed by atoms with Crippen molar-refractivity contribution >= 4 is 58.8 Å². The molecule has 0 spiro atoms. The molecule has 0 amide bonds. The predicted octanol–water partition coefficient (Wildman–Crippen LogP) is 8.19. The Hall–Kier alpha value is -6.44. The van der Waals surface area contributed by atoms with Gasteiger partial charge in [-0.15, -0.1) is 12.4 Å². The zero-order chi connectivity index (χ0) is 31.9. The number of nitrogens with one attached hydrogen (secondary N) is 5. The lowest BCUT2D eigenvalue weighted by Gasteiger charge is -2.06. The van der Waals surface area contributed by atoms with E-state index < -0.39 is 0 Å². The van der Waals surface area contributed by atoms with Gasteiger partial charge in [-0.25, -0.2) is 24.9 Å². The Bertz CT molecular complexity index is 2400. The maximum atomic E-state index is 5.31. The minimum atomic E-state index is 0. The molecule has 5 N–H and O–H groups in total. The van der Waals surface area contributed by atoms with E-state index in [9.17, 15) is 0 Å². The summed E-state index contributed by atoms with van der Waals surface area (Å²) in [4.78, 5) is 27.7. The van der Waals surface area contributed by atoms with E-state index in [4.69, 9.17) is 9.97 Å². The van der Waals surface area contributed by atoms with Gasteiger partial charge in [-0.2, -0.15) is 0 Å². The third-order valence-electron chi connectivity index (χ3n) is 8.84. The summed E-state index contributed by atoms with van der Waals surface area (Å²) in [6.07, 6.45) is 20.1. The molecule has 234 valence electrons. The van der Waals surface area contributed by atoms with Crippen LogP contribution in [-0.2, 0) is 0 Å². The number of H-pyrrole nitrogens is 5. The van der Waals surface area contributed by atoms with Crippen molar-refractivity contribution in [1.29, 1.82) is 0 Å². The highest BCUT2D eigenvalue weighted by atomic mass is 35.5. The first kappa shape index (κ1) is 29.9. The molecule has 8 heteroatoms. The lowest BCUT2D eigenvalue weighted by atomic mass is 10.0. The van der Waals surface area contributed by atoms with Gasteiger partial charge in [-0.05, 0) is 70.8 Å². The van der Waals surface area contributed by atoms with Crippen molar-refractivity contribution in [3.8, 4) is 44.5 Å². The zero-order valence-electron chi connectivity index (χ0n) is 26.2. The first-order valence-electron chi connectivity index (χ1n) is 15.9. The van der Waals surface area contributed by atoms with Gasteiger partial charge >= 0.3 is 0 Å². The highest BCUT2D eigenvalue weighted by Gasteiger charge is 2.20. The fraction of sp³-hybridized carbons (Fsp3) is 0. The van der Waals surface area contributed by atoms with Gasteiger partial charge < -0.3 is 9.97 Å². The van der Waals surface area contributed by atoms with Crippen LogP contribution in [-0.4, -0.2) is 19.9 Å². The van der Waals surface area contributed by atoms with Gasteiger partial charge in [0.25, 0.3) is 0 Å².